The molecule has 3 unspecified atom stereocenters. The molecule has 1 aliphatic heterocycles. The second-order valence-electron chi connectivity index (χ2n) is 15.2. The molecule has 0 spiro atoms. The van der Waals surface area contributed by atoms with Crippen LogP contribution in [0.5, 0.6) is 0 Å². The van der Waals surface area contributed by atoms with Crippen LogP contribution in [-0.2, 0) is 20.7 Å². The largest absolute Gasteiger partial charge is 0.453 e. The van der Waals surface area contributed by atoms with Gasteiger partial charge >= 0.3 is 6.09 Å². The van der Waals surface area contributed by atoms with E-state index in [2.05, 4.69) is 49.0 Å². The number of benzene rings is 3. The van der Waals surface area contributed by atoms with Crippen LogP contribution in [-0.4, -0.2) is 90.4 Å². The van der Waals surface area contributed by atoms with Gasteiger partial charge in [0.25, 0.3) is 0 Å². The number of alkyl carbamates (subject to hydrolysis) is 1. The van der Waals surface area contributed by atoms with E-state index in [1.54, 1.807) is 18.0 Å². The first-order chi connectivity index (χ1) is 29.1. The Morgan fingerprint density at radius 1 is 1.03 bits per heavy atom. The van der Waals surface area contributed by atoms with Crippen molar-refractivity contribution in [3.05, 3.63) is 114 Å². The Bertz CT molecular complexity index is 2310. The number of unbranched alkanes of at least 4 members (excludes halogenated alkanes) is 1. The summed E-state index contributed by atoms with van der Waals surface area (Å²) in [6.45, 7) is 8.82. The molecule has 1 fully saturated rings. The summed E-state index contributed by atoms with van der Waals surface area (Å²) in [5.74, 6) is 0.0573. The van der Waals surface area contributed by atoms with Crippen molar-refractivity contribution in [2.24, 2.45) is 10.9 Å². The topological polar surface area (TPSA) is 166 Å². The van der Waals surface area contributed by atoms with Crippen molar-refractivity contribution in [2.45, 2.75) is 64.1 Å². The first-order valence-electron chi connectivity index (χ1n) is 20.4. The highest BCUT2D eigenvalue weighted by Gasteiger charge is 2.35. The third kappa shape index (κ3) is 10.6. The maximum absolute atomic E-state index is 15.9. The Kier molecular flexibility index (Phi) is 14.8. The van der Waals surface area contributed by atoms with Crippen molar-refractivity contribution in [1.82, 2.24) is 41.1 Å². The van der Waals surface area contributed by atoms with Gasteiger partial charge in [0.05, 0.1) is 35.9 Å². The highest BCUT2D eigenvalue weighted by molar-refractivity contribution is 5.87. The molecular formula is C46H54FN9O4. The van der Waals surface area contributed by atoms with E-state index >= 15 is 4.39 Å². The number of aryl methyl sites for hydroxylation is 1. The van der Waals surface area contributed by atoms with E-state index in [1.807, 2.05) is 80.7 Å². The number of likely N-dealkylation sites (tertiary alicyclic amines) is 1. The molecule has 0 radical (unpaired) electrons. The summed E-state index contributed by atoms with van der Waals surface area (Å²) >= 11 is 0. The lowest BCUT2D eigenvalue weighted by molar-refractivity contribution is -0.135. The number of carbonyl (C=O) groups excluding carboxylic acids is 3. The molecule has 3 heterocycles. The SMILES string of the molecule is C=N/C=C(\NCC1CCCN1C(=O)C(NC(=O)OC)C(C)C)c1ccc(-c2ccc3cc(-c4cnc(CCCCNC(=O)C(NC)c5ccccc5)[nH]4)ccc3n2)cc1F. The molecular weight excluding hydrogens is 762 g/mol. The smallest absolute Gasteiger partial charge is 0.407 e. The number of H-pyrrole nitrogens is 1. The minimum Gasteiger partial charge on any atom is -0.453 e. The fourth-order valence-electron chi connectivity index (χ4n) is 7.55. The molecule has 0 aliphatic carbocycles. The van der Waals surface area contributed by atoms with Crippen LogP contribution in [0.3, 0.4) is 0 Å². The predicted octanol–water partition coefficient (Wildman–Crippen LogP) is 6.79. The standard InChI is InChI=1S/C46H54FN9O4/c1-29(2)42(55-46(59)60-5)45(58)56-23-11-14-34(56)26-51-40(27-48-3)35-19-16-33(25-36(35)47)38-20-17-31-24-32(18-21-37(31)53-38)39-28-52-41(54-39)15-9-10-22-50-44(57)43(49-4)30-12-7-6-8-13-30/h6-8,12-13,16-21,24-25,27-29,34,42-43,49,51H,3,9-11,14-15,22-23,26H2,1-2,4-5H3,(H,50,57)(H,52,54)(H,55,59)/b40-27-. The minimum atomic E-state index is -0.725. The average Bonchev–Trinajstić information content (AvgIpc) is 3.94. The zero-order chi connectivity index (χ0) is 42.6. The minimum absolute atomic E-state index is 0.0441. The van der Waals surface area contributed by atoms with Crippen LogP contribution in [0.1, 0.15) is 62.5 Å². The number of imidazole rings is 1. The third-order valence-corrected chi connectivity index (χ3v) is 10.8. The summed E-state index contributed by atoms with van der Waals surface area (Å²) < 4.78 is 20.6. The van der Waals surface area contributed by atoms with Gasteiger partial charge in [0, 0.05) is 60.4 Å². The molecule has 0 bridgehead atoms. The highest BCUT2D eigenvalue weighted by Crippen LogP contribution is 2.29. The number of aromatic amines is 1. The van der Waals surface area contributed by atoms with Gasteiger partial charge in [-0.25, -0.2) is 19.2 Å². The van der Waals surface area contributed by atoms with Gasteiger partial charge in [-0.3, -0.25) is 14.6 Å². The number of nitrogens with zero attached hydrogens (tertiary/aromatic N) is 4. The Hall–Kier alpha value is -6.41. The molecule has 3 amide bonds. The number of aliphatic imine (C=N–C) groups is 1. The number of carbonyl (C=O) groups is 3. The number of hydrogen-bond donors (Lipinski definition) is 5. The molecule has 1 saturated heterocycles. The fraction of sp³-hybridized carbons (Fsp3) is 0.348. The number of nitrogens with one attached hydrogen (secondary N) is 5. The molecule has 0 saturated carbocycles. The second-order valence-corrected chi connectivity index (χ2v) is 15.2. The van der Waals surface area contributed by atoms with E-state index in [1.165, 1.54) is 19.4 Å². The van der Waals surface area contributed by atoms with E-state index < -0.39 is 18.0 Å². The number of methoxy groups -OCH3 is 1. The lowest BCUT2D eigenvalue weighted by Crippen LogP contribution is -2.53. The van der Waals surface area contributed by atoms with Gasteiger partial charge in [-0.1, -0.05) is 62.4 Å². The molecule has 1 aliphatic rings. The summed E-state index contributed by atoms with van der Waals surface area (Å²) in [7, 11) is 3.05. The van der Waals surface area contributed by atoms with Gasteiger partial charge in [0.2, 0.25) is 11.8 Å². The maximum atomic E-state index is 15.9. The molecule has 5 aromatic rings. The van der Waals surface area contributed by atoms with E-state index in [-0.39, 0.29) is 29.8 Å². The highest BCUT2D eigenvalue weighted by atomic mass is 19.1. The Morgan fingerprint density at radius 3 is 2.57 bits per heavy atom. The molecule has 5 N–H and O–H groups in total. The Morgan fingerprint density at radius 2 is 1.83 bits per heavy atom. The van der Waals surface area contributed by atoms with E-state index in [0.29, 0.717) is 42.2 Å². The monoisotopic (exact) mass is 815 g/mol. The number of rotatable bonds is 18. The van der Waals surface area contributed by atoms with Gasteiger partial charge < -0.3 is 35.9 Å². The van der Waals surface area contributed by atoms with Crippen molar-refractivity contribution in [3.63, 3.8) is 0 Å². The summed E-state index contributed by atoms with van der Waals surface area (Å²) in [5.41, 5.74) is 5.57. The lowest BCUT2D eigenvalue weighted by atomic mass is 10.0. The molecule has 314 valence electrons. The van der Waals surface area contributed by atoms with E-state index in [0.717, 1.165) is 65.7 Å². The van der Waals surface area contributed by atoms with Gasteiger partial charge in [0.1, 0.15) is 23.7 Å². The number of ether oxygens (including phenoxy) is 1. The second kappa shape index (κ2) is 20.5. The van der Waals surface area contributed by atoms with E-state index in [4.69, 9.17) is 9.72 Å². The van der Waals surface area contributed by atoms with Gasteiger partial charge in [-0.15, -0.1) is 0 Å². The molecule has 2 aromatic heterocycles. The van der Waals surface area contributed by atoms with Crippen molar-refractivity contribution < 1.29 is 23.5 Å². The van der Waals surface area contributed by atoms with Gasteiger partial charge in [0.15, 0.2) is 0 Å². The number of halogens is 1. The number of likely N-dealkylation sites (N-methyl/N-ethyl adjacent to an activating group) is 1. The normalized spacial score (nSPS) is 15.1. The fourth-order valence-corrected chi connectivity index (χ4v) is 7.55. The molecule has 6 rings (SSSR count). The molecule has 14 heteroatoms. The summed E-state index contributed by atoms with van der Waals surface area (Å²) in [5, 5.41) is 13.0. The lowest BCUT2D eigenvalue weighted by Gasteiger charge is -2.31. The molecule has 3 atom stereocenters. The first-order valence-corrected chi connectivity index (χ1v) is 20.4. The summed E-state index contributed by atoms with van der Waals surface area (Å²) in [4.78, 5) is 56.7. The van der Waals surface area contributed by atoms with Crippen LogP contribution < -0.4 is 21.3 Å². The van der Waals surface area contributed by atoms with Crippen LogP contribution >= 0.6 is 0 Å². The quantitative estimate of drug-likeness (QED) is 0.0477. The average molecular weight is 816 g/mol. The predicted molar refractivity (Wildman–Crippen MR) is 233 cm³/mol. The van der Waals surface area contributed by atoms with Gasteiger partial charge in [-0.05, 0) is 81.3 Å². The van der Waals surface area contributed by atoms with Crippen LogP contribution in [0.2, 0.25) is 0 Å². The van der Waals surface area contributed by atoms with Crippen LogP contribution in [0.15, 0.2) is 96.3 Å². The number of amides is 3. The first kappa shape index (κ1) is 43.2. The summed E-state index contributed by atoms with van der Waals surface area (Å²) in [6.07, 6.45) is 6.66. The number of pyridine rings is 1. The zero-order valence-electron chi connectivity index (χ0n) is 34.6. The van der Waals surface area contributed by atoms with Crippen molar-refractivity contribution in [3.8, 4) is 22.5 Å². The van der Waals surface area contributed by atoms with Crippen molar-refractivity contribution in [2.75, 3.05) is 33.8 Å². The number of fused-ring (bicyclic) bond motifs is 1. The summed E-state index contributed by atoms with van der Waals surface area (Å²) in [6, 6.07) is 23.2. The van der Waals surface area contributed by atoms with E-state index in [9.17, 15) is 14.4 Å². The van der Waals surface area contributed by atoms with Crippen LogP contribution in [0.25, 0.3) is 39.1 Å². The molecule has 60 heavy (non-hydrogen) atoms. The van der Waals surface area contributed by atoms with Crippen molar-refractivity contribution >= 4 is 41.2 Å². The Labute approximate surface area is 350 Å². The third-order valence-electron chi connectivity index (χ3n) is 10.8. The van der Waals surface area contributed by atoms with Crippen LogP contribution in [0.4, 0.5) is 9.18 Å². The Balaban J connectivity index is 1.04. The van der Waals surface area contributed by atoms with Gasteiger partial charge in [-0.2, -0.15) is 0 Å². The van der Waals surface area contributed by atoms with Crippen molar-refractivity contribution in [1.29, 1.82) is 0 Å². The zero-order valence-corrected chi connectivity index (χ0v) is 34.6. The molecule has 3 aromatic carbocycles. The maximum Gasteiger partial charge on any atom is 0.407 e. The molecule has 13 nitrogen and oxygen atoms in total. The number of hydrogen-bond acceptors (Lipinski definition) is 9. The number of aromatic nitrogens is 3. The van der Waals surface area contributed by atoms with Crippen LogP contribution in [0, 0.1) is 11.7 Å².